The molecule has 0 atom stereocenters. The fourth-order valence-corrected chi connectivity index (χ4v) is 6.09. The molecular formula is C29H38N4O5S2. The zero-order valence-corrected chi connectivity index (χ0v) is 25.4. The van der Waals surface area contributed by atoms with Gasteiger partial charge in [0.2, 0.25) is 0 Å². The molecule has 0 bridgehead atoms. The highest BCUT2D eigenvalue weighted by Crippen LogP contribution is 2.30. The molecule has 216 valence electrons. The first-order chi connectivity index (χ1) is 19.2. The second kappa shape index (κ2) is 14.4. The van der Waals surface area contributed by atoms with Gasteiger partial charge in [0, 0.05) is 32.1 Å². The maximum atomic E-state index is 13.4. The van der Waals surface area contributed by atoms with E-state index in [1.165, 1.54) is 24.9 Å². The van der Waals surface area contributed by atoms with E-state index in [0.29, 0.717) is 41.4 Å². The molecule has 0 spiro atoms. The summed E-state index contributed by atoms with van der Waals surface area (Å²) in [5, 5.41) is 3.25. The van der Waals surface area contributed by atoms with E-state index in [0.717, 1.165) is 35.0 Å². The molecule has 0 aliphatic heterocycles. The number of hydrogen-bond donors (Lipinski definition) is 1. The fourth-order valence-electron chi connectivity index (χ4n) is 4.21. The predicted molar refractivity (Wildman–Crippen MR) is 158 cm³/mol. The van der Waals surface area contributed by atoms with Gasteiger partial charge in [0.1, 0.15) is 10.9 Å². The van der Waals surface area contributed by atoms with Crippen molar-refractivity contribution < 1.29 is 22.7 Å². The van der Waals surface area contributed by atoms with Gasteiger partial charge < -0.3 is 14.6 Å². The number of hydrogen-bond acceptors (Lipinski definition) is 7. The smallest absolute Gasteiger partial charge is 0.357 e. The van der Waals surface area contributed by atoms with E-state index < -0.39 is 22.0 Å². The van der Waals surface area contributed by atoms with Gasteiger partial charge in [0.05, 0.1) is 11.5 Å². The number of nitrogens with one attached hydrogen (secondary N) is 1. The van der Waals surface area contributed by atoms with Crippen LogP contribution in [0.5, 0.6) is 0 Å². The molecule has 3 aromatic rings. The van der Waals surface area contributed by atoms with Crippen LogP contribution in [0, 0.1) is 0 Å². The number of imidazole rings is 1. The first-order valence-electron chi connectivity index (χ1n) is 13.4. The second-order valence-electron chi connectivity index (χ2n) is 9.19. The number of nitrogens with zero attached hydrogens (tertiary/aromatic N) is 3. The minimum absolute atomic E-state index is 0.0440. The minimum atomic E-state index is -4.09. The Morgan fingerprint density at radius 2 is 1.75 bits per heavy atom. The number of thioether (sulfide) groups is 1. The Labute approximate surface area is 241 Å². The van der Waals surface area contributed by atoms with Crippen LogP contribution in [0.2, 0.25) is 0 Å². The van der Waals surface area contributed by atoms with Gasteiger partial charge in [-0.25, -0.2) is 27.3 Å². The molecule has 9 nitrogen and oxygen atoms in total. The van der Waals surface area contributed by atoms with E-state index in [-0.39, 0.29) is 11.5 Å². The molecule has 0 fully saturated rings. The number of unbranched alkanes of at least 4 members (excludes halogenated alkanes) is 1. The van der Waals surface area contributed by atoms with Gasteiger partial charge in [-0.2, -0.15) is 0 Å². The van der Waals surface area contributed by atoms with Crippen molar-refractivity contribution in [1.82, 2.24) is 19.2 Å². The predicted octanol–water partition coefficient (Wildman–Crippen LogP) is 5.58. The Morgan fingerprint density at radius 3 is 2.38 bits per heavy atom. The van der Waals surface area contributed by atoms with Crippen LogP contribution in [-0.4, -0.2) is 60.7 Å². The lowest BCUT2D eigenvalue weighted by molar-refractivity contribution is 0.0509. The molecule has 1 N–H and O–H groups in total. The average Bonchev–Trinajstić information content (AvgIpc) is 3.31. The van der Waals surface area contributed by atoms with Crippen molar-refractivity contribution >= 4 is 33.8 Å². The number of rotatable bonds is 13. The number of esters is 1. The van der Waals surface area contributed by atoms with E-state index >= 15 is 0 Å². The highest BCUT2D eigenvalue weighted by molar-refractivity contribution is 7.98. The van der Waals surface area contributed by atoms with Gasteiger partial charge in [-0.05, 0) is 43.2 Å². The van der Waals surface area contributed by atoms with E-state index in [1.807, 2.05) is 42.0 Å². The summed E-state index contributed by atoms with van der Waals surface area (Å²) in [6, 6.07) is 13.5. The summed E-state index contributed by atoms with van der Waals surface area (Å²) in [4.78, 5) is 30.1. The van der Waals surface area contributed by atoms with Gasteiger partial charge in [-0.3, -0.25) is 0 Å². The fraction of sp³-hybridized carbons (Fsp3) is 0.414. The molecule has 11 heteroatoms. The van der Waals surface area contributed by atoms with Crippen LogP contribution in [0.4, 0.5) is 4.79 Å². The van der Waals surface area contributed by atoms with Crippen molar-refractivity contribution in [2.24, 2.45) is 0 Å². The number of carbonyl (C=O) groups excluding carboxylic acids is 2. The third kappa shape index (κ3) is 7.06. The van der Waals surface area contributed by atoms with Crippen LogP contribution in [0.1, 0.15) is 61.9 Å². The Morgan fingerprint density at radius 1 is 1.05 bits per heavy atom. The zero-order valence-electron chi connectivity index (χ0n) is 23.8. The van der Waals surface area contributed by atoms with Crippen LogP contribution in [0.3, 0.4) is 0 Å². The number of benzene rings is 2. The van der Waals surface area contributed by atoms with Gasteiger partial charge in [0.15, 0.2) is 5.69 Å². The summed E-state index contributed by atoms with van der Waals surface area (Å²) in [6.45, 7) is 6.86. The lowest BCUT2D eigenvalue weighted by Gasteiger charge is -2.20. The summed E-state index contributed by atoms with van der Waals surface area (Å²) < 4.78 is 34.7. The molecule has 0 aliphatic rings. The lowest BCUT2D eigenvalue weighted by Crippen LogP contribution is -2.41. The second-order valence-corrected chi connectivity index (χ2v) is 11.9. The average molecular weight is 587 g/mol. The lowest BCUT2D eigenvalue weighted by atomic mass is 10.0. The molecule has 0 aliphatic carbocycles. The largest absolute Gasteiger partial charge is 0.461 e. The summed E-state index contributed by atoms with van der Waals surface area (Å²) in [5.74, 6) is 0.434. The summed E-state index contributed by atoms with van der Waals surface area (Å²) in [5.41, 5.74) is 2.56. The number of carbonyl (C=O) groups is 2. The Kier molecular flexibility index (Phi) is 11.2. The third-order valence-corrected chi connectivity index (χ3v) is 8.84. The van der Waals surface area contributed by atoms with E-state index in [2.05, 4.69) is 12.2 Å². The molecule has 2 amide bonds. The van der Waals surface area contributed by atoms with Crippen molar-refractivity contribution in [2.45, 2.75) is 62.9 Å². The van der Waals surface area contributed by atoms with Crippen LogP contribution >= 0.6 is 11.8 Å². The van der Waals surface area contributed by atoms with Crippen molar-refractivity contribution in [3.63, 3.8) is 0 Å². The molecular weight excluding hydrogens is 548 g/mol. The van der Waals surface area contributed by atoms with Gasteiger partial charge in [0.25, 0.3) is 10.0 Å². The molecule has 3 rings (SSSR count). The molecule has 0 saturated heterocycles. The molecule has 2 aromatic carbocycles. The summed E-state index contributed by atoms with van der Waals surface area (Å²) >= 11 is 1.42. The third-order valence-electron chi connectivity index (χ3n) is 6.37. The Balaban J connectivity index is 1.96. The van der Waals surface area contributed by atoms with Crippen molar-refractivity contribution in [2.75, 3.05) is 26.5 Å². The molecule has 1 aromatic heterocycles. The number of aryl methyl sites for hydroxylation is 1. The van der Waals surface area contributed by atoms with Crippen LogP contribution in [0.15, 0.2) is 58.5 Å². The molecule has 0 saturated carbocycles. The summed E-state index contributed by atoms with van der Waals surface area (Å²) in [7, 11) is -2.83. The molecule has 0 unspecified atom stereocenters. The minimum Gasteiger partial charge on any atom is -0.461 e. The zero-order chi connectivity index (χ0) is 29.3. The first-order valence-corrected chi connectivity index (χ1v) is 16.1. The van der Waals surface area contributed by atoms with Gasteiger partial charge in [-0.15, -0.1) is 11.8 Å². The standard InChI is InChI=1S/C29H38N4O5S2/c1-6-9-14-25-31-27(39-5)26(28(34)38-8-3)33(25)20-21-15-17-22(18-16-21)23-12-10-11-13-24(23)40(36,37)32(4)29(35)30-19-7-2/h10-13,15-18H,6-9,14,19-20H2,1-5H3,(H,30,35). The first kappa shape index (κ1) is 31.2. The normalized spacial score (nSPS) is 11.3. The number of sulfonamides is 1. The van der Waals surface area contributed by atoms with Crippen LogP contribution < -0.4 is 5.32 Å². The topological polar surface area (TPSA) is 111 Å². The molecule has 40 heavy (non-hydrogen) atoms. The van der Waals surface area contributed by atoms with Crippen molar-refractivity contribution in [1.29, 1.82) is 0 Å². The van der Waals surface area contributed by atoms with Gasteiger partial charge >= 0.3 is 12.0 Å². The van der Waals surface area contributed by atoms with E-state index in [9.17, 15) is 18.0 Å². The number of amides is 2. The summed E-state index contributed by atoms with van der Waals surface area (Å²) in [6.07, 6.45) is 5.28. The molecule has 0 radical (unpaired) electrons. The number of aromatic nitrogens is 2. The maximum absolute atomic E-state index is 13.4. The quantitative estimate of drug-likeness (QED) is 0.206. The highest BCUT2D eigenvalue weighted by atomic mass is 32.2. The van der Waals surface area contributed by atoms with E-state index in [4.69, 9.17) is 9.72 Å². The van der Waals surface area contributed by atoms with Crippen LogP contribution in [0.25, 0.3) is 11.1 Å². The van der Waals surface area contributed by atoms with Crippen LogP contribution in [-0.2, 0) is 27.7 Å². The Bertz CT molecular complexity index is 1420. The number of urea groups is 1. The maximum Gasteiger partial charge on any atom is 0.357 e. The van der Waals surface area contributed by atoms with Gasteiger partial charge in [-0.1, -0.05) is 62.7 Å². The van der Waals surface area contributed by atoms with Crippen molar-refractivity contribution in [3.05, 3.63) is 65.6 Å². The van der Waals surface area contributed by atoms with Crippen molar-refractivity contribution in [3.8, 4) is 11.1 Å². The monoisotopic (exact) mass is 586 g/mol. The van der Waals surface area contributed by atoms with E-state index in [1.54, 1.807) is 25.1 Å². The SMILES string of the molecule is CCCCc1nc(SC)c(C(=O)OCC)n1Cc1ccc(-c2ccccc2S(=O)(=O)N(C)C(=O)NCCC)cc1. The number of ether oxygens (including phenoxy) is 1. The molecule has 1 heterocycles. The Hall–Kier alpha value is -3.31. The highest BCUT2D eigenvalue weighted by Gasteiger charge is 2.28.